The summed E-state index contributed by atoms with van der Waals surface area (Å²) in [7, 11) is 0. The third-order valence-electron chi connectivity index (χ3n) is 8.30. The number of pyridine rings is 1. The standard InChI is InChI=1S/C40H36N4O.Pt/c1-26(2)20-30-11-8-10-28(5)40(30)31-24-42-43(25-31)32-12-9-13-33(22-32)45-34-16-17-36-35-14-6-7-15-37(35)44(38(36)23-34)39-21-29(27(3)4)18-19-41-39;/h6-19,21,24-27H,20H2,1-5H3;/q-2;+2. The van der Waals surface area contributed by atoms with E-state index in [0.717, 1.165) is 45.3 Å². The minimum absolute atomic E-state index is 0. The Bertz CT molecular complexity index is 2160. The van der Waals surface area contributed by atoms with E-state index in [4.69, 9.17) is 14.8 Å². The van der Waals surface area contributed by atoms with Crippen LogP contribution in [0.5, 0.6) is 11.5 Å². The summed E-state index contributed by atoms with van der Waals surface area (Å²) < 4.78 is 10.4. The van der Waals surface area contributed by atoms with Crippen LogP contribution >= 0.6 is 0 Å². The van der Waals surface area contributed by atoms with E-state index in [1.165, 1.54) is 22.3 Å². The number of nitrogens with zero attached hydrogens (tertiary/aromatic N) is 4. The Hall–Kier alpha value is -4.47. The van der Waals surface area contributed by atoms with Crippen LogP contribution in [0.15, 0.2) is 104 Å². The fourth-order valence-electron chi connectivity index (χ4n) is 6.17. The van der Waals surface area contributed by atoms with Crippen LogP contribution in [0.3, 0.4) is 0 Å². The third kappa shape index (κ3) is 6.04. The van der Waals surface area contributed by atoms with Gasteiger partial charge in [0.2, 0.25) is 0 Å². The van der Waals surface area contributed by atoms with E-state index in [2.05, 4.69) is 118 Å². The Balaban J connectivity index is 0.00000372. The van der Waals surface area contributed by atoms with E-state index in [-0.39, 0.29) is 21.1 Å². The number of para-hydroxylation sites is 1. The summed E-state index contributed by atoms with van der Waals surface area (Å²) in [5.41, 5.74) is 9.02. The number of hydrogen-bond acceptors (Lipinski definition) is 3. The van der Waals surface area contributed by atoms with E-state index in [0.29, 0.717) is 23.3 Å². The fourth-order valence-corrected chi connectivity index (χ4v) is 6.17. The van der Waals surface area contributed by atoms with Gasteiger partial charge in [0.25, 0.3) is 0 Å². The topological polar surface area (TPSA) is 44.9 Å². The molecule has 0 fully saturated rings. The van der Waals surface area contributed by atoms with Gasteiger partial charge in [-0.2, -0.15) is 17.2 Å². The van der Waals surface area contributed by atoms with Crippen molar-refractivity contribution in [3.05, 3.63) is 132 Å². The van der Waals surface area contributed by atoms with E-state index in [1.54, 1.807) is 0 Å². The van der Waals surface area contributed by atoms with Gasteiger partial charge in [0, 0.05) is 35.0 Å². The molecule has 0 unspecified atom stereocenters. The van der Waals surface area contributed by atoms with Crippen LogP contribution in [0.2, 0.25) is 0 Å². The van der Waals surface area contributed by atoms with E-state index >= 15 is 0 Å². The van der Waals surface area contributed by atoms with Crippen LogP contribution < -0.4 is 4.74 Å². The predicted octanol–water partition coefficient (Wildman–Crippen LogP) is 10.1. The van der Waals surface area contributed by atoms with Crippen molar-refractivity contribution >= 4 is 21.8 Å². The zero-order valence-corrected chi connectivity index (χ0v) is 29.0. The number of aryl methyl sites for hydroxylation is 1. The molecule has 7 aromatic rings. The maximum Gasteiger partial charge on any atom is 2.00 e. The molecule has 3 aromatic heterocycles. The third-order valence-corrected chi connectivity index (χ3v) is 8.30. The predicted molar refractivity (Wildman–Crippen MR) is 183 cm³/mol. The van der Waals surface area contributed by atoms with Gasteiger partial charge in [-0.3, -0.25) is 4.68 Å². The smallest absolute Gasteiger partial charge is 0.509 e. The molecule has 0 N–H and O–H groups in total. The summed E-state index contributed by atoms with van der Waals surface area (Å²) in [6, 6.07) is 36.1. The van der Waals surface area contributed by atoms with Gasteiger partial charge in [-0.05, 0) is 76.7 Å². The molecule has 0 aliphatic heterocycles. The first-order valence-corrected chi connectivity index (χ1v) is 15.6. The summed E-state index contributed by atoms with van der Waals surface area (Å²) in [6.45, 7) is 11.1. The molecule has 0 amide bonds. The van der Waals surface area contributed by atoms with Crippen LogP contribution in [0.25, 0.3) is 44.4 Å². The molecule has 3 heterocycles. The fraction of sp³-hybridized carbons (Fsp3) is 0.200. The first-order chi connectivity index (χ1) is 21.9. The van der Waals surface area contributed by atoms with Crippen LogP contribution in [0.1, 0.15) is 50.3 Å². The van der Waals surface area contributed by atoms with Gasteiger partial charge in [0.05, 0.1) is 6.20 Å². The molecule has 0 aliphatic carbocycles. The number of benzene rings is 4. The Morgan fingerprint density at radius 3 is 2.46 bits per heavy atom. The Morgan fingerprint density at radius 2 is 1.63 bits per heavy atom. The number of hydrogen-bond donors (Lipinski definition) is 0. The molecule has 46 heavy (non-hydrogen) atoms. The number of fused-ring (bicyclic) bond motifs is 3. The quantitative estimate of drug-likeness (QED) is 0.144. The van der Waals surface area contributed by atoms with Gasteiger partial charge in [-0.1, -0.05) is 69.6 Å². The molecule has 6 heteroatoms. The van der Waals surface area contributed by atoms with Crippen molar-refractivity contribution < 1.29 is 25.8 Å². The Kier molecular flexibility index (Phi) is 8.97. The minimum Gasteiger partial charge on any atom is -0.509 e. The Labute approximate surface area is 285 Å². The largest absolute Gasteiger partial charge is 2.00 e. The summed E-state index contributed by atoms with van der Waals surface area (Å²) in [6.07, 6.45) is 6.93. The van der Waals surface area contributed by atoms with Crippen LogP contribution in [-0.4, -0.2) is 19.3 Å². The van der Waals surface area contributed by atoms with Gasteiger partial charge >= 0.3 is 21.1 Å². The van der Waals surface area contributed by atoms with E-state index in [1.807, 2.05) is 41.3 Å². The van der Waals surface area contributed by atoms with Crippen LogP contribution in [0.4, 0.5) is 0 Å². The van der Waals surface area contributed by atoms with Gasteiger partial charge in [-0.25, -0.2) is 4.98 Å². The molecule has 232 valence electrons. The molecule has 0 bridgehead atoms. The monoisotopic (exact) mass is 783 g/mol. The summed E-state index contributed by atoms with van der Waals surface area (Å²) >= 11 is 0. The normalized spacial score (nSPS) is 11.5. The first kappa shape index (κ1) is 31.5. The molecule has 0 aliphatic rings. The molecule has 0 atom stereocenters. The summed E-state index contributed by atoms with van der Waals surface area (Å²) in [5.74, 6) is 3.05. The van der Waals surface area contributed by atoms with Gasteiger partial charge < -0.3 is 9.30 Å². The second-order valence-corrected chi connectivity index (χ2v) is 12.4. The van der Waals surface area contributed by atoms with Crippen molar-refractivity contribution in [3.63, 3.8) is 0 Å². The first-order valence-electron chi connectivity index (χ1n) is 15.6. The summed E-state index contributed by atoms with van der Waals surface area (Å²) in [5, 5.41) is 6.97. The SMILES string of the molecule is Cc1cccc(CC(C)C)c1-c1cnn(-c2[c-]c(Oc3[c-]c4c(cc3)c3ccccc3n4-c3cc(C(C)C)ccn3)ccc2)c1.[Pt+2]. The molecule has 0 spiro atoms. The van der Waals surface area contributed by atoms with Crippen molar-refractivity contribution in [1.29, 1.82) is 0 Å². The molecule has 0 saturated heterocycles. The molecule has 7 rings (SSSR count). The summed E-state index contributed by atoms with van der Waals surface area (Å²) in [4.78, 5) is 4.76. The van der Waals surface area contributed by atoms with Gasteiger partial charge in [0.15, 0.2) is 0 Å². The zero-order valence-electron chi connectivity index (χ0n) is 26.7. The average molecular weight is 784 g/mol. The minimum atomic E-state index is 0. The van der Waals surface area contributed by atoms with Crippen molar-refractivity contribution in [1.82, 2.24) is 19.3 Å². The van der Waals surface area contributed by atoms with Crippen molar-refractivity contribution in [3.8, 4) is 34.1 Å². The number of ether oxygens (including phenoxy) is 1. The maximum absolute atomic E-state index is 6.38. The van der Waals surface area contributed by atoms with Crippen LogP contribution in [-0.2, 0) is 27.5 Å². The molecule has 0 radical (unpaired) electrons. The molecular formula is C40H36N4OPt. The molecule has 0 saturated carbocycles. The maximum atomic E-state index is 6.38. The Morgan fingerprint density at radius 1 is 0.826 bits per heavy atom. The van der Waals surface area contributed by atoms with Gasteiger partial charge in [0.1, 0.15) is 5.82 Å². The molecule has 4 aromatic carbocycles. The van der Waals surface area contributed by atoms with E-state index in [9.17, 15) is 0 Å². The second-order valence-electron chi connectivity index (χ2n) is 12.4. The van der Waals surface area contributed by atoms with Crippen molar-refractivity contribution in [2.45, 2.75) is 47.0 Å². The number of rotatable bonds is 8. The number of aromatic nitrogens is 4. The zero-order chi connectivity index (χ0) is 31.1. The molecular weight excluding hydrogens is 748 g/mol. The van der Waals surface area contributed by atoms with Crippen LogP contribution in [0, 0.1) is 25.0 Å². The molecule has 5 nitrogen and oxygen atoms in total. The van der Waals surface area contributed by atoms with Crippen molar-refractivity contribution in [2.24, 2.45) is 5.92 Å². The van der Waals surface area contributed by atoms with E-state index < -0.39 is 0 Å². The van der Waals surface area contributed by atoms with Gasteiger partial charge in [-0.15, -0.1) is 35.7 Å². The average Bonchev–Trinajstić information content (AvgIpc) is 3.64. The van der Waals surface area contributed by atoms with Crippen molar-refractivity contribution in [2.75, 3.05) is 0 Å². The second kappa shape index (κ2) is 13.1.